The Balaban J connectivity index is 1.88. The average molecular weight is 433 g/mol. The first-order valence-electron chi connectivity index (χ1n) is 11.5. The van der Waals surface area contributed by atoms with Crippen LogP contribution in [0.1, 0.15) is 60.8 Å². The molecule has 6 heteroatoms. The molecule has 2 saturated carbocycles. The van der Waals surface area contributed by atoms with Gasteiger partial charge in [-0.3, -0.25) is 9.59 Å². The number of ketones is 1. The molecule has 0 aromatic carbocycles. The fourth-order valence-corrected chi connectivity index (χ4v) is 7.52. The maximum atomic E-state index is 13.0. The first kappa shape index (κ1) is 22.7. The van der Waals surface area contributed by atoms with Gasteiger partial charge < -0.3 is 20.1 Å². The van der Waals surface area contributed by atoms with Crippen molar-refractivity contribution in [1.29, 1.82) is 0 Å². The van der Waals surface area contributed by atoms with Crippen LogP contribution in [0.4, 0.5) is 0 Å². The van der Waals surface area contributed by atoms with E-state index in [0.717, 1.165) is 0 Å². The van der Waals surface area contributed by atoms with Crippen molar-refractivity contribution >= 4 is 11.8 Å². The van der Waals surface area contributed by atoms with E-state index in [2.05, 4.69) is 0 Å². The highest BCUT2D eigenvalue weighted by atomic mass is 16.6. The van der Waals surface area contributed by atoms with E-state index in [1.54, 1.807) is 6.92 Å². The zero-order valence-corrected chi connectivity index (χ0v) is 19.4. The minimum Gasteiger partial charge on any atom is -0.455 e. The maximum absolute atomic E-state index is 13.0. The zero-order chi connectivity index (χ0) is 23.1. The van der Waals surface area contributed by atoms with Crippen LogP contribution in [0.3, 0.4) is 0 Å². The molecule has 4 aliphatic carbocycles. The molecule has 0 aliphatic heterocycles. The SMILES string of the molecule is CCCC(=O)O[C@@]12[C@H](O)[C@@H](C)[C@]3(C)C4C=C(C)C(=O)[C@@]4(O)CC(CO)=C[C@H]3[C@@H]1C2(C)C. The molecule has 8 atom stereocenters. The van der Waals surface area contributed by atoms with E-state index < -0.39 is 34.1 Å². The van der Waals surface area contributed by atoms with Crippen molar-refractivity contribution in [2.45, 2.75) is 78.1 Å². The summed E-state index contributed by atoms with van der Waals surface area (Å²) in [6.45, 7) is 11.4. The molecule has 1 unspecified atom stereocenters. The van der Waals surface area contributed by atoms with Crippen LogP contribution in [-0.2, 0) is 14.3 Å². The predicted molar refractivity (Wildman–Crippen MR) is 115 cm³/mol. The number of aliphatic hydroxyl groups is 3. The molecule has 0 bridgehead atoms. The van der Waals surface area contributed by atoms with Gasteiger partial charge in [-0.05, 0) is 41.7 Å². The molecular weight excluding hydrogens is 396 g/mol. The number of carbonyl (C=O) groups excluding carboxylic acids is 2. The maximum Gasteiger partial charge on any atom is 0.306 e. The number of ether oxygens (including phenoxy) is 1. The van der Waals surface area contributed by atoms with Gasteiger partial charge >= 0.3 is 5.97 Å². The topological polar surface area (TPSA) is 104 Å². The molecule has 172 valence electrons. The van der Waals surface area contributed by atoms with Crippen LogP contribution >= 0.6 is 0 Å². The lowest BCUT2D eigenvalue weighted by molar-refractivity contribution is -0.191. The molecule has 0 amide bonds. The molecule has 4 rings (SSSR count). The Morgan fingerprint density at radius 2 is 1.90 bits per heavy atom. The van der Waals surface area contributed by atoms with Crippen LogP contribution in [0.5, 0.6) is 0 Å². The monoisotopic (exact) mass is 432 g/mol. The second-order valence-corrected chi connectivity index (χ2v) is 11.1. The van der Waals surface area contributed by atoms with Gasteiger partial charge in [-0.25, -0.2) is 0 Å². The summed E-state index contributed by atoms with van der Waals surface area (Å²) < 4.78 is 6.05. The summed E-state index contributed by atoms with van der Waals surface area (Å²) in [6.07, 6.45) is 3.97. The number of Topliss-reactive ketones (excluding diaryl/α,β-unsaturated/α-hetero) is 1. The van der Waals surface area contributed by atoms with E-state index in [4.69, 9.17) is 4.74 Å². The molecule has 3 N–H and O–H groups in total. The van der Waals surface area contributed by atoms with Gasteiger partial charge in [-0.2, -0.15) is 0 Å². The van der Waals surface area contributed by atoms with E-state index in [-0.39, 0.29) is 42.5 Å². The van der Waals surface area contributed by atoms with E-state index in [9.17, 15) is 24.9 Å². The predicted octanol–water partition coefficient (Wildman–Crippen LogP) is 2.56. The number of carbonyl (C=O) groups is 2. The molecule has 4 aliphatic rings. The van der Waals surface area contributed by atoms with Crippen molar-refractivity contribution in [2.75, 3.05) is 6.61 Å². The fraction of sp³-hybridized carbons (Fsp3) is 0.760. The normalized spacial score (nSPS) is 47.4. The first-order valence-corrected chi connectivity index (χ1v) is 11.5. The van der Waals surface area contributed by atoms with Gasteiger partial charge in [0.2, 0.25) is 0 Å². The van der Waals surface area contributed by atoms with Crippen molar-refractivity contribution < 1.29 is 29.6 Å². The third kappa shape index (κ3) is 2.56. The van der Waals surface area contributed by atoms with Gasteiger partial charge in [0.25, 0.3) is 0 Å². The number of hydrogen-bond donors (Lipinski definition) is 3. The Kier molecular flexibility index (Phi) is 4.94. The number of allylic oxidation sites excluding steroid dienone is 1. The molecule has 2 fully saturated rings. The fourth-order valence-electron chi connectivity index (χ4n) is 7.52. The molecule has 6 nitrogen and oxygen atoms in total. The van der Waals surface area contributed by atoms with E-state index in [1.165, 1.54) is 0 Å². The van der Waals surface area contributed by atoms with Gasteiger partial charge in [-0.1, -0.05) is 46.8 Å². The largest absolute Gasteiger partial charge is 0.455 e. The Labute approximate surface area is 184 Å². The van der Waals surface area contributed by atoms with Crippen molar-refractivity contribution in [3.05, 3.63) is 23.3 Å². The Hall–Kier alpha value is -1.50. The number of rotatable bonds is 4. The number of hydrogen-bond acceptors (Lipinski definition) is 6. The second kappa shape index (κ2) is 6.75. The molecule has 0 saturated heterocycles. The molecular formula is C25H36O6. The minimum absolute atomic E-state index is 0.0749. The van der Waals surface area contributed by atoms with E-state index in [1.807, 2.05) is 46.8 Å². The lowest BCUT2D eigenvalue weighted by Gasteiger charge is -2.54. The smallest absolute Gasteiger partial charge is 0.306 e. The van der Waals surface area contributed by atoms with Crippen LogP contribution in [0.15, 0.2) is 23.3 Å². The Morgan fingerprint density at radius 3 is 2.48 bits per heavy atom. The van der Waals surface area contributed by atoms with E-state index in [0.29, 0.717) is 24.0 Å². The molecule has 0 heterocycles. The average Bonchev–Trinajstić information content (AvgIpc) is 3.13. The van der Waals surface area contributed by atoms with Crippen molar-refractivity contribution in [3.63, 3.8) is 0 Å². The van der Waals surface area contributed by atoms with Crippen LogP contribution in [0.2, 0.25) is 0 Å². The van der Waals surface area contributed by atoms with Gasteiger partial charge in [0.15, 0.2) is 5.78 Å². The zero-order valence-electron chi connectivity index (χ0n) is 19.4. The quantitative estimate of drug-likeness (QED) is 0.466. The van der Waals surface area contributed by atoms with Gasteiger partial charge in [-0.15, -0.1) is 0 Å². The third-order valence-corrected chi connectivity index (χ3v) is 9.34. The minimum atomic E-state index is -1.63. The van der Waals surface area contributed by atoms with Crippen LogP contribution in [0.25, 0.3) is 0 Å². The van der Waals surface area contributed by atoms with Crippen molar-refractivity contribution in [2.24, 2.45) is 34.5 Å². The molecule has 0 spiro atoms. The van der Waals surface area contributed by atoms with E-state index >= 15 is 0 Å². The standard InChI is InChI=1S/C25H36O6/c1-7-8-18(27)31-25-19(22(25,4)5)16-10-15(12-26)11-24(30)17(9-13(2)20(24)28)23(16,6)14(3)21(25)29/h9-10,14,16-17,19,21,26,29-30H,7-8,11-12H2,1-6H3/t14-,16+,17?,19-,21-,23+,24-,25-/m1/s1. The molecule has 0 radical (unpaired) electrons. The Morgan fingerprint density at radius 1 is 1.26 bits per heavy atom. The van der Waals surface area contributed by atoms with Crippen LogP contribution in [-0.4, -0.2) is 51.0 Å². The van der Waals surface area contributed by atoms with Gasteiger partial charge in [0.05, 0.1) is 12.7 Å². The van der Waals surface area contributed by atoms with Crippen molar-refractivity contribution in [3.8, 4) is 0 Å². The molecule has 0 aromatic heterocycles. The van der Waals surface area contributed by atoms with Crippen LogP contribution < -0.4 is 0 Å². The summed E-state index contributed by atoms with van der Waals surface area (Å²) in [5.41, 5.74) is -2.63. The summed E-state index contributed by atoms with van der Waals surface area (Å²) >= 11 is 0. The summed E-state index contributed by atoms with van der Waals surface area (Å²) in [5, 5.41) is 33.3. The lowest BCUT2D eigenvalue weighted by atomic mass is 9.52. The first-order chi connectivity index (χ1) is 14.3. The summed E-state index contributed by atoms with van der Waals surface area (Å²) in [6, 6.07) is 0. The number of aliphatic hydroxyl groups excluding tert-OH is 2. The van der Waals surface area contributed by atoms with Crippen LogP contribution in [0, 0.1) is 34.5 Å². The summed E-state index contributed by atoms with van der Waals surface area (Å²) in [5.74, 6) is -1.82. The number of fused-ring (bicyclic) bond motifs is 5. The molecule has 0 aromatic rings. The lowest BCUT2D eigenvalue weighted by Crippen LogP contribution is -2.60. The summed E-state index contributed by atoms with van der Waals surface area (Å²) in [7, 11) is 0. The van der Waals surface area contributed by atoms with Crippen molar-refractivity contribution in [1.82, 2.24) is 0 Å². The summed E-state index contributed by atoms with van der Waals surface area (Å²) in [4.78, 5) is 25.6. The Bertz CT molecular complexity index is 886. The highest BCUT2D eigenvalue weighted by Gasteiger charge is 2.85. The number of esters is 1. The highest BCUT2D eigenvalue weighted by Crippen LogP contribution is 2.78. The van der Waals surface area contributed by atoms with Gasteiger partial charge in [0, 0.05) is 30.1 Å². The second-order valence-electron chi connectivity index (χ2n) is 11.1. The highest BCUT2D eigenvalue weighted by molar-refractivity contribution is 6.04. The third-order valence-electron chi connectivity index (χ3n) is 9.34. The molecule has 31 heavy (non-hydrogen) atoms. The van der Waals surface area contributed by atoms with Gasteiger partial charge in [0.1, 0.15) is 11.2 Å².